The summed E-state index contributed by atoms with van der Waals surface area (Å²) >= 11 is 0. The second kappa shape index (κ2) is 9.41. The van der Waals surface area contributed by atoms with Gasteiger partial charge in [0.05, 0.1) is 7.11 Å². The van der Waals surface area contributed by atoms with Crippen molar-refractivity contribution in [2.24, 2.45) is 5.92 Å². The normalized spacial score (nSPS) is 11.6. The second-order valence-electron chi connectivity index (χ2n) is 6.73. The Morgan fingerprint density at radius 2 is 1.79 bits per heavy atom. The van der Waals surface area contributed by atoms with E-state index in [4.69, 9.17) is 8.92 Å². The van der Waals surface area contributed by atoms with E-state index < -0.39 is 10.1 Å². The van der Waals surface area contributed by atoms with Gasteiger partial charge in [0.15, 0.2) is 11.5 Å². The summed E-state index contributed by atoms with van der Waals surface area (Å²) in [7, 11) is -2.56. The lowest BCUT2D eigenvalue weighted by Crippen LogP contribution is -2.25. The molecule has 2 aromatic rings. The molecule has 0 aromatic heterocycles. The first kappa shape index (κ1) is 21.5. The standard InChI is InChI=1S/C21H25NO5S/c1-15(2)14-22-21(23)12-8-17-7-11-19(20(13-17)26-4)27-28(24,25)18-9-5-16(3)6-10-18/h5-13,15H,14H2,1-4H3,(H,22,23). The molecule has 0 aliphatic rings. The molecular weight excluding hydrogens is 378 g/mol. The molecule has 0 saturated carbocycles. The highest BCUT2D eigenvalue weighted by molar-refractivity contribution is 7.87. The van der Waals surface area contributed by atoms with E-state index in [0.29, 0.717) is 18.0 Å². The largest absolute Gasteiger partial charge is 0.493 e. The molecule has 0 unspecified atom stereocenters. The molecule has 6 nitrogen and oxygen atoms in total. The van der Waals surface area contributed by atoms with E-state index in [1.54, 1.807) is 30.3 Å². The highest BCUT2D eigenvalue weighted by Crippen LogP contribution is 2.31. The van der Waals surface area contributed by atoms with Gasteiger partial charge in [0, 0.05) is 12.6 Å². The van der Waals surface area contributed by atoms with Crippen LogP contribution in [-0.4, -0.2) is 28.0 Å². The zero-order valence-electron chi connectivity index (χ0n) is 16.4. The fourth-order valence-electron chi connectivity index (χ4n) is 2.26. The van der Waals surface area contributed by atoms with Crippen molar-refractivity contribution in [3.63, 3.8) is 0 Å². The van der Waals surface area contributed by atoms with E-state index in [0.717, 1.165) is 5.56 Å². The average Bonchev–Trinajstić information content (AvgIpc) is 2.65. The molecular formula is C21H25NO5S. The van der Waals surface area contributed by atoms with E-state index in [1.807, 2.05) is 20.8 Å². The number of benzene rings is 2. The van der Waals surface area contributed by atoms with Crippen LogP contribution < -0.4 is 14.2 Å². The monoisotopic (exact) mass is 403 g/mol. The van der Waals surface area contributed by atoms with Crippen LogP contribution >= 0.6 is 0 Å². The fourth-order valence-corrected chi connectivity index (χ4v) is 3.20. The number of amides is 1. The summed E-state index contributed by atoms with van der Waals surface area (Å²) < 4.78 is 35.4. The Labute approximate surface area is 166 Å². The summed E-state index contributed by atoms with van der Waals surface area (Å²) in [6.07, 6.45) is 3.04. The van der Waals surface area contributed by atoms with Crippen LogP contribution in [0.15, 0.2) is 53.4 Å². The minimum Gasteiger partial charge on any atom is -0.493 e. The lowest BCUT2D eigenvalue weighted by Gasteiger charge is -2.11. The Morgan fingerprint density at radius 1 is 1.11 bits per heavy atom. The van der Waals surface area contributed by atoms with E-state index in [2.05, 4.69) is 5.32 Å². The summed E-state index contributed by atoms with van der Waals surface area (Å²) in [4.78, 5) is 11.8. The summed E-state index contributed by atoms with van der Waals surface area (Å²) in [6.45, 7) is 6.49. The first-order valence-electron chi connectivity index (χ1n) is 8.86. The van der Waals surface area contributed by atoms with Gasteiger partial charge in [0.2, 0.25) is 5.91 Å². The fraction of sp³-hybridized carbons (Fsp3) is 0.286. The van der Waals surface area contributed by atoms with Gasteiger partial charge in [-0.25, -0.2) is 0 Å². The van der Waals surface area contributed by atoms with Gasteiger partial charge in [-0.15, -0.1) is 0 Å². The molecule has 150 valence electrons. The maximum absolute atomic E-state index is 12.5. The number of hydrogen-bond acceptors (Lipinski definition) is 5. The lowest BCUT2D eigenvalue weighted by molar-refractivity contribution is -0.116. The average molecular weight is 404 g/mol. The van der Waals surface area contributed by atoms with Crippen molar-refractivity contribution in [1.82, 2.24) is 5.32 Å². The number of aryl methyl sites for hydroxylation is 1. The quantitative estimate of drug-likeness (QED) is 0.538. The molecule has 0 spiro atoms. The Balaban J connectivity index is 2.16. The topological polar surface area (TPSA) is 81.7 Å². The predicted molar refractivity (Wildman–Crippen MR) is 109 cm³/mol. The highest BCUT2D eigenvalue weighted by Gasteiger charge is 2.19. The number of ether oxygens (including phenoxy) is 1. The van der Waals surface area contributed by atoms with Crippen LogP contribution in [-0.2, 0) is 14.9 Å². The molecule has 0 saturated heterocycles. The first-order valence-corrected chi connectivity index (χ1v) is 10.3. The number of hydrogen-bond donors (Lipinski definition) is 1. The van der Waals surface area contributed by atoms with Gasteiger partial charge in [0.1, 0.15) is 4.90 Å². The zero-order valence-corrected chi connectivity index (χ0v) is 17.2. The number of methoxy groups -OCH3 is 1. The minimum atomic E-state index is -3.98. The smallest absolute Gasteiger partial charge is 0.339 e. The van der Waals surface area contributed by atoms with E-state index in [1.165, 1.54) is 31.4 Å². The summed E-state index contributed by atoms with van der Waals surface area (Å²) in [6, 6.07) is 11.1. The third-order valence-corrected chi connectivity index (χ3v) is 5.06. The predicted octanol–water partition coefficient (Wildman–Crippen LogP) is 3.56. The Morgan fingerprint density at radius 3 is 2.39 bits per heavy atom. The lowest BCUT2D eigenvalue weighted by atomic mass is 10.2. The summed E-state index contributed by atoms with van der Waals surface area (Å²) in [5, 5.41) is 2.78. The van der Waals surface area contributed by atoms with Crippen molar-refractivity contribution in [3.8, 4) is 11.5 Å². The van der Waals surface area contributed by atoms with Gasteiger partial charge >= 0.3 is 10.1 Å². The molecule has 28 heavy (non-hydrogen) atoms. The van der Waals surface area contributed by atoms with Gasteiger partial charge in [-0.1, -0.05) is 37.6 Å². The summed E-state index contributed by atoms with van der Waals surface area (Å²) in [5.74, 6) is 0.490. The van der Waals surface area contributed by atoms with Gasteiger partial charge < -0.3 is 14.2 Å². The molecule has 1 amide bonds. The second-order valence-corrected chi connectivity index (χ2v) is 8.28. The van der Waals surface area contributed by atoms with Crippen LogP contribution in [0.4, 0.5) is 0 Å². The van der Waals surface area contributed by atoms with Crippen LogP contribution in [0.2, 0.25) is 0 Å². The maximum atomic E-state index is 12.5. The number of carbonyl (C=O) groups excluding carboxylic acids is 1. The molecule has 0 heterocycles. The number of nitrogens with one attached hydrogen (secondary N) is 1. The van der Waals surface area contributed by atoms with E-state index in [-0.39, 0.29) is 22.3 Å². The van der Waals surface area contributed by atoms with Gasteiger partial charge in [0.25, 0.3) is 0 Å². The molecule has 2 rings (SSSR count). The summed E-state index contributed by atoms with van der Waals surface area (Å²) in [5.41, 5.74) is 1.63. The van der Waals surface area contributed by atoms with Crippen LogP contribution in [0.3, 0.4) is 0 Å². The molecule has 0 radical (unpaired) electrons. The SMILES string of the molecule is COc1cc(C=CC(=O)NCC(C)C)ccc1OS(=O)(=O)c1ccc(C)cc1. The van der Waals surface area contributed by atoms with Crippen molar-refractivity contribution in [2.45, 2.75) is 25.7 Å². The Hall–Kier alpha value is -2.80. The third kappa shape index (κ3) is 6.13. The molecule has 0 aliphatic carbocycles. The van der Waals surface area contributed by atoms with Crippen molar-refractivity contribution >= 4 is 22.1 Å². The minimum absolute atomic E-state index is 0.0611. The molecule has 0 bridgehead atoms. The van der Waals surface area contributed by atoms with Crippen molar-refractivity contribution in [3.05, 3.63) is 59.7 Å². The Bertz CT molecular complexity index is 947. The zero-order chi connectivity index (χ0) is 20.7. The maximum Gasteiger partial charge on any atom is 0.339 e. The van der Waals surface area contributed by atoms with E-state index in [9.17, 15) is 13.2 Å². The van der Waals surface area contributed by atoms with Crippen LogP contribution in [0.25, 0.3) is 6.08 Å². The highest BCUT2D eigenvalue weighted by atomic mass is 32.2. The Kier molecular flexibility index (Phi) is 7.23. The third-order valence-electron chi connectivity index (χ3n) is 3.81. The molecule has 0 atom stereocenters. The number of carbonyl (C=O) groups is 1. The van der Waals surface area contributed by atoms with E-state index >= 15 is 0 Å². The molecule has 7 heteroatoms. The van der Waals surface area contributed by atoms with Crippen molar-refractivity contribution < 1.29 is 22.1 Å². The van der Waals surface area contributed by atoms with Crippen molar-refractivity contribution in [1.29, 1.82) is 0 Å². The number of rotatable bonds is 8. The molecule has 0 aliphatic heterocycles. The molecule has 1 N–H and O–H groups in total. The van der Waals surface area contributed by atoms with Gasteiger partial charge in [-0.3, -0.25) is 4.79 Å². The van der Waals surface area contributed by atoms with Crippen LogP contribution in [0.5, 0.6) is 11.5 Å². The molecule has 0 fully saturated rings. The van der Waals surface area contributed by atoms with Crippen molar-refractivity contribution in [2.75, 3.05) is 13.7 Å². The van der Waals surface area contributed by atoms with Crippen LogP contribution in [0, 0.1) is 12.8 Å². The van der Waals surface area contributed by atoms with Crippen LogP contribution in [0.1, 0.15) is 25.0 Å². The first-order chi connectivity index (χ1) is 13.2. The molecule has 2 aromatic carbocycles. The van der Waals surface area contributed by atoms with Gasteiger partial charge in [-0.05, 0) is 48.7 Å². The van der Waals surface area contributed by atoms with Gasteiger partial charge in [-0.2, -0.15) is 8.42 Å².